The lowest BCUT2D eigenvalue weighted by molar-refractivity contribution is 0.184. The Bertz CT molecular complexity index is 1120. The summed E-state index contributed by atoms with van der Waals surface area (Å²) >= 11 is 0. The van der Waals surface area contributed by atoms with Crippen LogP contribution in [-0.2, 0) is 19.6 Å². The third-order valence-electron chi connectivity index (χ3n) is 5.63. The summed E-state index contributed by atoms with van der Waals surface area (Å²) in [6, 6.07) is 23.0. The Kier molecular flexibility index (Phi) is 8.80. The van der Waals surface area contributed by atoms with Gasteiger partial charge in [-0.1, -0.05) is 80.6 Å². The van der Waals surface area contributed by atoms with Crippen molar-refractivity contribution < 1.29 is 22.4 Å². The van der Waals surface area contributed by atoms with Gasteiger partial charge < -0.3 is 9.47 Å². The monoisotopic (exact) mass is 486 g/mol. The van der Waals surface area contributed by atoms with E-state index in [-0.39, 0.29) is 16.7 Å². The highest BCUT2D eigenvalue weighted by Gasteiger charge is 2.29. The topological polar surface area (TPSA) is 72.8 Å². The number of methoxy groups -OCH3 is 2. The molecule has 2 atom stereocenters. The second kappa shape index (κ2) is 11.4. The molecule has 0 saturated heterocycles. The first-order chi connectivity index (χ1) is 15.8. The van der Waals surface area contributed by atoms with Gasteiger partial charge in [-0.3, -0.25) is 4.55 Å². The van der Waals surface area contributed by atoms with Crippen LogP contribution in [0, 0.1) is 0 Å². The van der Waals surface area contributed by atoms with Crippen molar-refractivity contribution in [3.8, 4) is 0 Å². The van der Waals surface area contributed by atoms with Crippen LogP contribution in [0.25, 0.3) is 0 Å². The fourth-order valence-electron chi connectivity index (χ4n) is 4.14. The molecule has 0 fully saturated rings. The number of benzene rings is 3. The molecule has 5 nitrogen and oxygen atoms in total. The molecule has 33 heavy (non-hydrogen) atoms. The minimum Gasteiger partial charge on any atom is -0.384 e. The fourth-order valence-corrected chi connectivity index (χ4v) is 8.23. The molecule has 0 aliphatic carbocycles. The fraction of sp³-hybridized carbons (Fsp3) is 0.308. The first-order valence-electron chi connectivity index (χ1n) is 10.8. The Labute approximate surface area is 198 Å². The van der Waals surface area contributed by atoms with Gasteiger partial charge in [-0.2, -0.15) is 8.42 Å². The van der Waals surface area contributed by atoms with Gasteiger partial charge in [0.25, 0.3) is 10.1 Å². The van der Waals surface area contributed by atoms with Crippen molar-refractivity contribution in [3.63, 3.8) is 0 Å². The Morgan fingerprint density at radius 1 is 0.727 bits per heavy atom. The van der Waals surface area contributed by atoms with E-state index in [0.717, 1.165) is 21.7 Å². The molecule has 3 aromatic carbocycles. The molecule has 0 aliphatic heterocycles. The van der Waals surface area contributed by atoms with Crippen molar-refractivity contribution >= 4 is 34.0 Å². The Balaban J connectivity index is 2.36. The molecule has 1 N–H and O–H groups in total. The lowest BCUT2D eigenvalue weighted by Gasteiger charge is -2.28. The number of hydrogen-bond acceptors (Lipinski definition) is 4. The SMILES string of the molecule is COCC(C)c1ccccc1P(c1ccccc1C(C)COC)c1ccccc1S(=O)(=O)O. The van der Waals surface area contributed by atoms with E-state index in [4.69, 9.17) is 9.47 Å². The summed E-state index contributed by atoms with van der Waals surface area (Å²) in [5.74, 6) is 0.218. The molecular formula is C26H31O5PS. The molecule has 0 radical (unpaired) electrons. The van der Waals surface area contributed by atoms with Crippen molar-refractivity contribution in [2.24, 2.45) is 0 Å². The number of ether oxygens (including phenoxy) is 2. The molecule has 3 aromatic rings. The van der Waals surface area contributed by atoms with Gasteiger partial charge in [-0.15, -0.1) is 0 Å². The predicted octanol–water partition coefficient (Wildman–Crippen LogP) is 4.19. The van der Waals surface area contributed by atoms with Crippen LogP contribution >= 0.6 is 7.92 Å². The molecule has 3 rings (SSSR count). The highest BCUT2D eigenvalue weighted by atomic mass is 32.2. The quantitative estimate of drug-likeness (QED) is 0.344. The molecule has 0 aromatic heterocycles. The summed E-state index contributed by atoms with van der Waals surface area (Å²) in [4.78, 5) is -0.0560. The molecule has 2 unspecified atom stereocenters. The zero-order valence-corrected chi connectivity index (χ0v) is 21.1. The molecular weight excluding hydrogens is 455 g/mol. The normalized spacial score (nSPS) is 14.6. The van der Waals surface area contributed by atoms with E-state index in [0.29, 0.717) is 18.5 Å². The maximum atomic E-state index is 12.4. The molecule has 0 aliphatic rings. The Morgan fingerprint density at radius 3 is 1.55 bits per heavy atom. The van der Waals surface area contributed by atoms with Gasteiger partial charge in [0.15, 0.2) is 0 Å². The van der Waals surface area contributed by atoms with Gasteiger partial charge in [-0.05, 0) is 35.7 Å². The van der Waals surface area contributed by atoms with Crippen LogP contribution in [0.1, 0.15) is 36.8 Å². The van der Waals surface area contributed by atoms with E-state index in [1.54, 1.807) is 20.3 Å². The molecule has 176 valence electrons. The lowest BCUT2D eigenvalue weighted by Crippen LogP contribution is -2.30. The minimum atomic E-state index is -4.41. The van der Waals surface area contributed by atoms with Crippen LogP contribution in [0.4, 0.5) is 0 Å². The predicted molar refractivity (Wildman–Crippen MR) is 136 cm³/mol. The lowest BCUT2D eigenvalue weighted by atomic mass is 10.0. The maximum absolute atomic E-state index is 12.4. The van der Waals surface area contributed by atoms with Gasteiger partial charge >= 0.3 is 0 Å². The van der Waals surface area contributed by atoms with Gasteiger partial charge in [-0.25, -0.2) is 0 Å². The molecule has 0 amide bonds. The van der Waals surface area contributed by atoms with Crippen LogP contribution in [0.15, 0.2) is 77.7 Å². The Morgan fingerprint density at radius 2 is 1.12 bits per heavy atom. The smallest absolute Gasteiger partial charge is 0.295 e. The molecule has 0 heterocycles. The van der Waals surface area contributed by atoms with Gasteiger partial charge in [0.1, 0.15) is 4.90 Å². The van der Waals surface area contributed by atoms with E-state index in [2.05, 4.69) is 38.1 Å². The standard InChI is InChI=1S/C26H31O5PS/c1-19(17-30-3)21-11-5-7-13-23(21)32(25-15-9-10-16-26(25)33(27,28)29)24-14-8-6-12-22(24)20(2)18-31-4/h5-16,19-20H,17-18H2,1-4H3,(H,27,28,29). The summed E-state index contributed by atoms with van der Waals surface area (Å²) in [5, 5.41) is 2.69. The first kappa shape index (κ1) is 25.5. The zero-order valence-electron chi connectivity index (χ0n) is 19.4. The molecule has 0 saturated carbocycles. The maximum Gasteiger partial charge on any atom is 0.295 e. The molecule has 0 spiro atoms. The first-order valence-corrected chi connectivity index (χ1v) is 13.6. The Hall–Kier alpha value is -2.08. The van der Waals surface area contributed by atoms with Gasteiger partial charge in [0.05, 0.1) is 13.2 Å². The van der Waals surface area contributed by atoms with Gasteiger partial charge in [0.2, 0.25) is 0 Å². The third-order valence-corrected chi connectivity index (χ3v) is 9.35. The van der Waals surface area contributed by atoms with Crippen molar-refractivity contribution in [2.45, 2.75) is 30.6 Å². The summed E-state index contributed by atoms with van der Waals surface area (Å²) in [5.41, 5.74) is 2.20. The highest BCUT2D eigenvalue weighted by Crippen LogP contribution is 2.40. The van der Waals surface area contributed by atoms with Crippen molar-refractivity contribution in [1.29, 1.82) is 0 Å². The number of hydrogen-bond donors (Lipinski definition) is 1. The highest BCUT2D eigenvalue weighted by molar-refractivity contribution is 7.88. The van der Waals surface area contributed by atoms with E-state index in [1.807, 2.05) is 36.4 Å². The summed E-state index contributed by atoms with van der Waals surface area (Å²) in [6.45, 7) is 5.29. The third kappa shape index (κ3) is 5.89. The minimum absolute atomic E-state index is 0.0560. The van der Waals surface area contributed by atoms with E-state index < -0.39 is 18.0 Å². The largest absolute Gasteiger partial charge is 0.384 e. The van der Waals surface area contributed by atoms with Crippen molar-refractivity contribution in [1.82, 2.24) is 0 Å². The average molecular weight is 487 g/mol. The van der Waals surface area contributed by atoms with Crippen molar-refractivity contribution in [2.75, 3.05) is 27.4 Å². The van der Waals surface area contributed by atoms with Crippen LogP contribution in [0.2, 0.25) is 0 Å². The van der Waals surface area contributed by atoms with Crippen molar-refractivity contribution in [3.05, 3.63) is 83.9 Å². The summed E-state index contributed by atoms with van der Waals surface area (Å²) in [7, 11) is -2.37. The van der Waals surface area contributed by atoms with Crippen LogP contribution < -0.4 is 15.9 Å². The van der Waals surface area contributed by atoms with E-state index in [9.17, 15) is 13.0 Å². The summed E-state index contributed by atoms with van der Waals surface area (Å²) < 4.78 is 45.7. The zero-order chi connectivity index (χ0) is 24.0. The number of rotatable bonds is 10. The van der Waals surface area contributed by atoms with E-state index >= 15 is 0 Å². The van der Waals surface area contributed by atoms with E-state index in [1.165, 1.54) is 6.07 Å². The van der Waals surface area contributed by atoms with Crippen LogP contribution in [-0.4, -0.2) is 40.4 Å². The molecule has 7 heteroatoms. The van der Waals surface area contributed by atoms with Crippen LogP contribution in [0.5, 0.6) is 0 Å². The average Bonchev–Trinajstić information content (AvgIpc) is 2.80. The second-order valence-electron chi connectivity index (χ2n) is 8.11. The van der Waals surface area contributed by atoms with Crippen LogP contribution in [0.3, 0.4) is 0 Å². The second-order valence-corrected chi connectivity index (χ2v) is 11.6. The van der Waals surface area contributed by atoms with Gasteiger partial charge in [0, 0.05) is 31.4 Å². The summed E-state index contributed by atoms with van der Waals surface area (Å²) in [6.07, 6.45) is 0. The molecule has 0 bridgehead atoms.